The Labute approximate surface area is 113 Å². The molecular weight excluding hydrogens is 246 g/mol. The number of quaternary nitrogens is 1. The average Bonchev–Trinajstić information content (AvgIpc) is 2.38. The van der Waals surface area contributed by atoms with Gasteiger partial charge in [0.2, 0.25) is 0 Å². The Kier molecular flexibility index (Phi) is 6.15. The molecule has 0 aliphatic rings. The molecule has 0 unspecified atom stereocenters. The number of hydrogen-bond donors (Lipinski definition) is 1. The second kappa shape index (κ2) is 7.63. The quantitative estimate of drug-likeness (QED) is 0.734. The SMILES string of the molecule is CCOc1ccc([C@H]([NH3+])CCC(=O)[O-])cc1OCC. The average molecular weight is 267 g/mol. The summed E-state index contributed by atoms with van der Waals surface area (Å²) < 4.78 is 11.0. The van der Waals surface area contributed by atoms with Gasteiger partial charge in [0, 0.05) is 18.0 Å². The molecule has 1 rings (SSSR count). The molecule has 1 aromatic rings. The van der Waals surface area contributed by atoms with Crippen LogP contribution in [0.1, 0.15) is 38.3 Å². The van der Waals surface area contributed by atoms with Crippen LogP contribution in [0.3, 0.4) is 0 Å². The summed E-state index contributed by atoms with van der Waals surface area (Å²) in [6.07, 6.45) is 0.452. The summed E-state index contributed by atoms with van der Waals surface area (Å²) in [6, 6.07) is 5.48. The maximum atomic E-state index is 10.5. The van der Waals surface area contributed by atoms with Crippen LogP contribution in [0.2, 0.25) is 0 Å². The normalized spacial score (nSPS) is 11.9. The van der Waals surface area contributed by atoms with Gasteiger partial charge in [-0.05, 0) is 38.5 Å². The van der Waals surface area contributed by atoms with Crippen molar-refractivity contribution in [2.24, 2.45) is 0 Å². The first-order valence-electron chi connectivity index (χ1n) is 6.50. The lowest BCUT2D eigenvalue weighted by molar-refractivity contribution is -0.428. The van der Waals surface area contributed by atoms with E-state index in [1.165, 1.54) is 0 Å². The molecule has 0 spiro atoms. The molecular formula is C14H21NO4. The van der Waals surface area contributed by atoms with E-state index in [0.29, 0.717) is 31.1 Å². The molecule has 0 bridgehead atoms. The summed E-state index contributed by atoms with van der Waals surface area (Å²) in [7, 11) is 0. The summed E-state index contributed by atoms with van der Waals surface area (Å²) in [4.78, 5) is 10.5. The fourth-order valence-corrected chi connectivity index (χ4v) is 1.78. The van der Waals surface area contributed by atoms with Gasteiger partial charge in [0.15, 0.2) is 11.5 Å². The second-order valence-electron chi connectivity index (χ2n) is 4.18. The Balaban J connectivity index is 2.84. The van der Waals surface area contributed by atoms with Crippen molar-refractivity contribution in [2.45, 2.75) is 32.7 Å². The summed E-state index contributed by atoms with van der Waals surface area (Å²) in [5, 5.41) is 10.5. The van der Waals surface area contributed by atoms with Crippen molar-refractivity contribution < 1.29 is 25.1 Å². The smallest absolute Gasteiger partial charge is 0.161 e. The molecule has 0 aliphatic heterocycles. The lowest BCUT2D eigenvalue weighted by atomic mass is 10.0. The number of carboxylic acids is 1. The van der Waals surface area contributed by atoms with Gasteiger partial charge in [-0.3, -0.25) is 0 Å². The molecule has 0 amide bonds. The van der Waals surface area contributed by atoms with Gasteiger partial charge in [0.1, 0.15) is 6.04 Å². The zero-order valence-corrected chi connectivity index (χ0v) is 11.5. The molecule has 0 saturated heterocycles. The third-order valence-electron chi connectivity index (χ3n) is 2.74. The summed E-state index contributed by atoms with van der Waals surface area (Å²) in [5.41, 5.74) is 4.91. The van der Waals surface area contributed by atoms with E-state index in [1.54, 1.807) is 0 Å². The Morgan fingerprint density at radius 1 is 1.26 bits per heavy atom. The van der Waals surface area contributed by atoms with E-state index >= 15 is 0 Å². The fraction of sp³-hybridized carbons (Fsp3) is 0.500. The van der Waals surface area contributed by atoms with Crippen LogP contribution >= 0.6 is 0 Å². The lowest BCUT2D eigenvalue weighted by Gasteiger charge is -2.14. The van der Waals surface area contributed by atoms with Crippen LogP contribution in [0.4, 0.5) is 0 Å². The van der Waals surface area contributed by atoms with Crippen LogP contribution < -0.4 is 20.3 Å². The van der Waals surface area contributed by atoms with E-state index in [0.717, 1.165) is 5.56 Å². The molecule has 3 N–H and O–H groups in total. The third-order valence-corrected chi connectivity index (χ3v) is 2.74. The minimum Gasteiger partial charge on any atom is -0.550 e. The number of aliphatic carboxylic acids is 1. The Morgan fingerprint density at radius 2 is 1.89 bits per heavy atom. The molecule has 1 atom stereocenters. The van der Waals surface area contributed by atoms with Gasteiger partial charge in [0.25, 0.3) is 0 Å². The van der Waals surface area contributed by atoms with Crippen molar-refractivity contribution in [1.29, 1.82) is 0 Å². The first-order valence-corrected chi connectivity index (χ1v) is 6.50. The first kappa shape index (κ1) is 15.3. The molecule has 0 aliphatic carbocycles. The van der Waals surface area contributed by atoms with Crippen LogP contribution in [-0.4, -0.2) is 19.2 Å². The predicted molar refractivity (Wildman–Crippen MR) is 68.7 cm³/mol. The van der Waals surface area contributed by atoms with E-state index in [-0.39, 0.29) is 12.5 Å². The van der Waals surface area contributed by atoms with Gasteiger partial charge in [-0.2, -0.15) is 0 Å². The second-order valence-corrected chi connectivity index (χ2v) is 4.18. The van der Waals surface area contributed by atoms with E-state index < -0.39 is 5.97 Å². The number of carboxylic acid groups (broad SMARTS) is 1. The van der Waals surface area contributed by atoms with E-state index in [4.69, 9.17) is 9.47 Å². The van der Waals surface area contributed by atoms with Crippen molar-refractivity contribution in [3.8, 4) is 11.5 Å². The molecule has 0 heterocycles. The Hall–Kier alpha value is -1.75. The predicted octanol–water partition coefficient (Wildman–Crippen LogP) is 0.297. The minimum atomic E-state index is -1.05. The molecule has 106 valence electrons. The molecule has 0 aromatic heterocycles. The van der Waals surface area contributed by atoms with Crippen LogP contribution in [-0.2, 0) is 4.79 Å². The number of carbonyl (C=O) groups excluding carboxylic acids is 1. The van der Waals surface area contributed by atoms with Gasteiger partial charge < -0.3 is 25.1 Å². The lowest BCUT2D eigenvalue weighted by Crippen LogP contribution is -2.53. The standard InChI is InChI=1S/C14H21NO4/c1-3-18-12-7-5-10(9-13(12)19-4-2)11(15)6-8-14(16)17/h5,7,9,11H,3-4,6,8,15H2,1-2H3,(H,16,17)/t11-/m1/s1. The van der Waals surface area contributed by atoms with Gasteiger partial charge in [-0.1, -0.05) is 0 Å². The zero-order valence-electron chi connectivity index (χ0n) is 11.5. The van der Waals surface area contributed by atoms with Crippen molar-refractivity contribution in [3.63, 3.8) is 0 Å². The van der Waals surface area contributed by atoms with Crippen LogP contribution in [0, 0.1) is 0 Å². The van der Waals surface area contributed by atoms with E-state index in [2.05, 4.69) is 5.73 Å². The van der Waals surface area contributed by atoms with Crippen molar-refractivity contribution >= 4 is 5.97 Å². The molecule has 0 radical (unpaired) electrons. The van der Waals surface area contributed by atoms with Crippen molar-refractivity contribution in [2.75, 3.05) is 13.2 Å². The zero-order chi connectivity index (χ0) is 14.3. The number of ether oxygens (including phenoxy) is 2. The highest BCUT2D eigenvalue weighted by atomic mass is 16.5. The summed E-state index contributed by atoms with van der Waals surface area (Å²) in [6.45, 7) is 4.93. The molecule has 5 nitrogen and oxygen atoms in total. The molecule has 0 fully saturated rings. The van der Waals surface area contributed by atoms with Gasteiger partial charge in [-0.15, -0.1) is 0 Å². The maximum absolute atomic E-state index is 10.5. The Morgan fingerprint density at radius 3 is 2.47 bits per heavy atom. The third kappa shape index (κ3) is 4.79. The van der Waals surface area contributed by atoms with Crippen LogP contribution in [0.5, 0.6) is 11.5 Å². The fourth-order valence-electron chi connectivity index (χ4n) is 1.78. The topological polar surface area (TPSA) is 86.2 Å². The van der Waals surface area contributed by atoms with Crippen molar-refractivity contribution in [3.05, 3.63) is 23.8 Å². The number of hydrogen-bond acceptors (Lipinski definition) is 4. The number of carbonyl (C=O) groups is 1. The highest BCUT2D eigenvalue weighted by Gasteiger charge is 2.13. The molecule has 5 heteroatoms. The van der Waals surface area contributed by atoms with E-state index in [9.17, 15) is 9.90 Å². The summed E-state index contributed by atoms with van der Waals surface area (Å²) >= 11 is 0. The van der Waals surface area contributed by atoms with Gasteiger partial charge in [-0.25, -0.2) is 0 Å². The Bertz CT molecular complexity index is 420. The number of rotatable bonds is 8. The molecule has 0 saturated carbocycles. The first-order chi connectivity index (χ1) is 9.08. The monoisotopic (exact) mass is 267 g/mol. The number of benzene rings is 1. The highest BCUT2D eigenvalue weighted by molar-refractivity contribution is 5.64. The van der Waals surface area contributed by atoms with Crippen LogP contribution in [0.15, 0.2) is 18.2 Å². The molecule has 1 aromatic carbocycles. The molecule has 19 heavy (non-hydrogen) atoms. The maximum Gasteiger partial charge on any atom is 0.161 e. The summed E-state index contributed by atoms with van der Waals surface area (Å²) in [5.74, 6) is 0.314. The van der Waals surface area contributed by atoms with E-state index in [1.807, 2.05) is 32.0 Å². The largest absolute Gasteiger partial charge is 0.550 e. The van der Waals surface area contributed by atoms with Gasteiger partial charge >= 0.3 is 0 Å². The van der Waals surface area contributed by atoms with Crippen LogP contribution in [0.25, 0.3) is 0 Å². The van der Waals surface area contributed by atoms with Crippen molar-refractivity contribution in [1.82, 2.24) is 0 Å². The minimum absolute atomic E-state index is 0.00530. The highest BCUT2D eigenvalue weighted by Crippen LogP contribution is 2.30. The van der Waals surface area contributed by atoms with Gasteiger partial charge in [0.05, 0.1) is 13.2 Å².